The third kappa shape index (κ3) is 7.93. The number of rotatable bonds is 6. The lowest BCUT2D eigenvalue weighted by atomic mass is 9.94. The van der Waals surface area contributed by atoms with E-state index in [1.807, 2.05) is 13.8 Å². The number of hydrogen-bond acceptors (Lipinski definition) is 3. The van der Waals surface area contributed by atoms with Crippen molar-refractivity contribution in [2.45, 2.75) is 39.2 Å². The fourth-order valence-corrected chi connectivity index (χ4v) is 1.44. The third-order valence-corrected chi connectivity index (χ3v) is 1.83. The first kappa shape index (κ1) is 13.9. The molecule has 0 radical (unpaired) electrons. The number of amides is 1. The number of aliphatic hydroxyl groups is 1. The van der Waals surface area contributed by atoms with Gasteiger partial charge >= 0.3 is 5.97 Å². The molecule has 1 atom stereocenters. The maximum Gasteiger partial charge on any atom is 0.312 e. The van der Waals surface area contributed by atoms with Crippen LogP contribution in [-0.2, 0) is 9.59 Å². The van der Waals surface area contributed by atoms with E-state index in [-0.39, 0.29) is 6.54 Å². The molecule has 0 saturated heterocycles. The van der Waals surface area contributed by atoms with Crippen LogP contribution in [0.15, 0.2) is 0 Å². The van der Waals surface area contributed by atoms with E-state index in [1.165, 1.54) is 0 Å². The molecule has 0 aliphatic heterocycles. The van der Waals surface area contributed by atoms with Gasteiger partial charge in [0.15, 0.2) is 0 Å². The molecule has 1 amide bonds. The van der Waals surface area contributed by atoms with Gasteiger partial charge in [-0.3, -0.25) is 9.59 Å². The molecular formula is C10H19NO4. The van der Waals surface area contributed by atoms with E-state index in [4.69, 9.17) is 5.11 Å². The van der Waals surface area contributed by atoms with E-state index in [2.05, 4.69) is 5.32 Å². The van der Waals surface area contributed by atoms with Crippen LogP contribution in [0.25, 0.3) is 0 Å². The van der Waals surface area contributed by atoms with E-state index in [1.54, 1.807) is 6.92 Å². The SMILES string of the molecule is CC(C)CC(C)(O)CNC(=O)CC(=O)O. The molecule has 0 bridgehead atoms. The van der Waals surface area contributed by atoms with Gasteiger partial charge in [0, 0.05) is 6.54 Å². The molecule has 0 heterocycles. The van der Waals surface area contributed by atoms with E-state index in [0.29, 0.717) is 12.3 Å². The van der Waals surface area contributed by atoms with Crippen LogP contribution >= 0.6 is 0 Å². The molecule has 0 saturated carbocycles. The molecule has 0 aromatic carbocycles. The quantitative estimate of drug-likeness (QED) is 0.561. The second kappa shape index (κ2) is 5.70. The molecule has 5 nitrogen and oxygen atoms in total. The Labute approximate surface area is 89.5 Å². The van der Waals surface area contributed by atoms with Crippen molar-refractivity contribution in [1.29, 1.82) is 0 Å². The summed E-state index contributed by atoms with van der Waals surface area (Å²) >= 11 is 0. The summed E-state index contributed by atoms with van der Waals surface area (Å²) in [5.41, 5.74) is -0.984. The minimum absolute atomic E-state index is 0.0806. The van der Waals surface area contributed by atoms with E-state index < -0.39 is 23.9 Å². The Morgan fingerprint density at radius 3 is 2.33 bits per heavy atom. The molecule has 1 unspecified atom stereocenters. The van der Waals surface area contributed by atoms with Crippen LogP contribution in [0.5, 0.6) is 0 Å². The van der Waals surface area contributed by atoms with Gasteiger partial charge in [-0.2, -0.15) is 0 Å². The minimum atomic E-state index is -1.17. The number of carbonyl (C=O) groups is 2. The van der Waals surface area contributed by atoms with Crippen LogP contribution in [0, 0.1) is 5.92 Å². The van der Waals surface area contributed by atoms with Crippen molar-refractivity contribution >= 4 is 11.9 Å². The number of aliphatic carboxylic acids is 1. The van der Waals surface area contributed by atoms with Crippen molar-refractivity contribution in [3.05, 3.63) is 0 Å². The highest BCUT2D eigenvalue weighted by atomic mass is 16.4. The summed E-state index contributed by atoms with van der Waals surface area (Å²) in [6.07, 6.45) is -0.00187. The highest BCUT2D eigenvalue weighted by Gasteiger charge is 2.22. The first-order valence-electron chi connectivity index (χ1n) is 4.94. The van der Waals surface area contributed by atoms with Crippen molar-refractivity contribution in [3.8, 4) is 0 Å². The highest BCUT2D eigenvalue weighted by Crippen LogP contribution is 2.14. The molecule has 0 spiro atoms. The zero-order valence-corrected chi connectivity index (χ0v) is 9.41. The summed E-state index contributed by atoms with van der Waals surface area (Å²) in [5, 5.41) is 20.5. The zero-order valence-electron chi connectivity index (χ0n) is 9.41. The van der Waals surface area contributed by atoms with E-state index in [9.17, 15) is 14.7 Å². The maximum absolute atomic E-state index is 11.0. The average Bonchev–Trinajstić information content (AvgIpc) is 1.97. The molecule has 0 aromatic rings. The Morgan fingerprint density at radius 1 is 1.40 bits per heavy atom. The normalized spacial score (nSPS) is 14.7. The zero-order chi connectivity index (χ0) is 12.1. The molecule has 0 aliphatic carbocycles. The van der Waals surface area contributed by atoms with Crippen LogP contribution in [0.3, 0.4) is 0 Å². The van der Waals surface area contributed by atoms with Crippen molar-refractivity contribution in [2.75, 3.05) is 6.54 Å². The summed E-state index contributed by atoms with van der Waals surface area (Å²) in [6.45, 7) is 5.63. The van der Waals surface area contributed by atoms with Crippen LogP contribution < -0.4 is 5.32 Å². The van der Waals surface area contributed by atoms with Crippen molar-refractivity contribution < 1.29 is 19.8 Å². The lowest BCUT2D eigenvalue weighted by Gasteiger charge is -2.25. The monoisotopic (exact) mass is 217 g/mol. The number of carboxylic acids is 1. The molecule has 5 heteroatoms. The Morgan fingerprint density at radius 2 is 1.93 bits per heavy atom. The fourth-order valence-electron chi connectivity index (χ4n) is 1.44. The van der Waals surface area contributed by atoms with Crippen LogP contribution in [0.4, 0.5) is 0 Å². The van der Waals surface area contributed by atoms with Gasteiger partial charge in [0.1, 0.15) is 6.42 Å². The summed E-state index contributed by atoms with van der Waals surface area (Å²) in [5.74, 6) is -1.43. The number of carboxylic acid groups (broad SMARTS) is 1. The maximum atomic E-state index is 11.0. The second-order valence-corrected chi connectivity index (χ2v) is 4.44. The Balaban J connectivity index is 3.92. The van der Waals surface area contributed by atoms with Gasteiger partial charge in [0.2, 0.25) is 5.91 Å². The smallest absolute Gasteiger partial charge is 0.312 e. The van der Waals surface area contributed by atoms with E-state index >= 15 is 0 Å². The molecule has 0 aromatic heterocycles. The Bertz CT molecular complexity index is 236. The summed E-state index contributed by atoms with van der Waals surface area (Å²) in [4.78, 5) is 21.2. The molecule has 88 valence electrons. The number of hydrogen-bond donors (Lipinski definition) is 3. The lowest BCUT2D eigenvalue weighted by Crippen LogP contribution is -2.41. The lowest BCUT2D eigenvalue weighted by molar-refractivity contribution is -0.141. The van der Waals surface area contributed by atoms with Gasteiger partial charge in [0.25, 0.3) is 0 Å². The standard InChI is InChI=1S/C10H19NO4/c1-7(2)5-10(3,15)6-11-8(12)4-9(13)14/h7,15H,4-6H2,1-3H3,(H,11,12)(H,13,14). The average molecular weight is 217 g/mol. The molecule has 3 N–H and O–H groups in total. The first-order valence-corrected chi connectivity index (χ1v) is 4.94. The highest BCUT2D eigenvalue weighted by molar-refractivity contribution is 5.93. The number of nitrogens with one attached hydrogen (secondary N) is 1. The van der Waals surface area contributed by atoms with Crippen LogP contribution in [0.1, 0.15) is 33.6 Å². The molecule has 0 fully saturated rings. The summed E-state index contributed by atoms with van der Waals surface area (Å²) in [7, 11) is 0. The fraction of sp³-hybridized carbons (Fsp3) is 0.800. The topological polar surface area (TPSA) is 86.6 Å². The predicted octanol–water partition coefficient (Wildman–Crippen LogP) is 0.374. The summed E-state index contributed by atoms with van der Waals surface area (Å²) < 4.78 is 0. The van der Waals surface area contributed by atoms with Gasteiger partial charge in [-0.15, -0.1) is 0 Å². The van der Waals surface area contributed by atoms with Crippen LogP contribution in [0.2, 0.25) is 0 Å². The molecule has 0 aliphatic rings. The van der Waals surface area contributed by atoms with E-state index in [0.717, 1.165) is 0 Å². The predicted molar refractivity (Wildman–Crippen MR) is 55.3 cm³/mol. The van der Waals surface area contributed by atoms with Crippen LogP contribution in [-0.4, -0.2) is 34.2 Å². The molecule has 0 rings (SSSR count). The van der Waals surface area contributed by atoms with Crippen molar-refractivity contribution in [1.82, 2.24) is 5.32 Å². The van der Waals surface area contributed by atoms with Gasteiger partial charge in [-0.25, -0.2) is 0 Å². The van der Waals surface area contributed by atoms with Gasteiger partial charge in [0.05, 0.1) is 5.60 Å². The second-order valence-electron chi connectivity index (χ2n) is 4.44. The van der Waals surface area contributed by atoms with Gasteiger partial charge in [-0.1, -0.05) is 13.8 Å². The Kier molecular flexibility index (Phi) is 5.28. The molecule has 15 heavy (non-hydrogen) atoms. The van der Waals surface area contributed by atoms with Gasteiger partial charge < -0.3 is 15.5 Å². The number of carbonyl (C=O) groups excluding carboxylic acids is 1. The Hall–Kier alpha value is -1.10. The van der Waals surface area contributed by atoms with Crippen molar-refractivity contribution in [3.63, 3.8) is 0 Å². The van der Waals surface area contributed by atoms with Gasteiger partial charge in [-0.05, 0) is 19.3 Å². The van der Waals surface area contributed by atoms with Crippen molar-refractivity contribution in [2.24, 2.45) is 5.92 Å². The third-order valence-electron chi connectivity index (χ3n) is 1.83. The summed E-state index contributed by atoms with van der Waals surface area (Å²) in [6, 6.07) is 0. The minimum Gasteiger partial charge on any atom is -0.481 e. The largest absolute Gasteiger partial charge is 0.481 e. The first-order chi connectivity index (χ1) is 6.73. The molecular weight excluding hydrogens is 198 g/mol.